The van der Waals surface area contributed by atoms with Crippen molar-refractivity contribution in [2.75, 3.05) is 19.6 Å². The van der Waals surface area contributed by atoms with Gasteiger partial charge in [-0.2, -0.15) is 0 Å². The molecule has 0 spiro atoms. The Kier molecular flexibility index (Phi) is 6.45. The second-order valence-corrected chi connectivity index (χ2v) is 8.39. The highest BCUT2D eigenvalue weighted by Crippen LogP contribution is 2.26. The zero-order valence-corrected chi connectivity index (χ0v) is 18.1. The van der Waals surface area contributed by atoms with Gasteiger partial charge in [-0.05, 0) is 61.8 Å². The van der Waals surface area contributed by atoms with Gasteiger partial charge in [0.15, 0.2) is 4.77 Å². The van der Waals surface area contributed by atoms with E-state index < -0.39 is 0 Å². The molecule has 1 aliphatic rings. The first kappa shape index (κ1) is 20.6. The van der Waals surface area contributed by atoms with Crippen molar-refractivity contribution in [2.45, 2.75) is 25.8 Å². The van der Waals surface area contributed by atoms with Crippen molar-refractivity contribution in [1.29, 1.82) is 0 Å². The Morgan fingerprint density at radius 1 is 1.10 bits per heavy atom. The summed E-state index contributed by atoms with van der Waals surface area (Å²) in [5.41, 5.74) is 2.63. The largest absolute Gasteiger partial charge is 0.349 e. The fraction of sp³-hybridized carbons (Fsp3) is 0.333. The van der Waals surface area contributed by atoms with Crippen molar-refractivity contribution in [1.82, 2.24) is 19.8 Å². The first-order valence-electron chi connectivity index (χ1n) is 10.6. The molecule has 156 valence electrons. The Hall–Kier alpha value is -2.70. The van der Waals surface area contributed by atoms with Crippen LogP contribution in [0, 0.1) is 10.7 Å². The van der Waals surface area contributed by atoms with Crippen LogP contribution < -0.4 is 5.32 Å². The van der Waals surface area contributed by atoms with Crippen LogP contribution in [0.2, 0.25) is 0 Å². The topological polar surface area (TPSA) is 53.1 Å². The molecule has 1 unspecified atom stereocenters. The molecule has 30 heavy (non-hydrogen) atoms. The van der Waals surface area contributed by atoms with Crippen LogP contribution in [0.4, 0.5) is 0 Å². The van der Waals surface area contributed by atoms with Crippen LogP contribution in [-0.4, -0.2) is 40.0 Å². The van der Waals surface area contributed by atoms with Crippen LogP contribution in [0.5, 0.6) is 0 Å². The molecular formula is C24H28N4OS. The summed E-state index contributed by atoms with van der Waals surface area (Å²) >= 11 is 5.42. The third-order valence-corrected chi connectivity index (χ3v) is 6.22. The average molecular weight is 421 g/mol. The fourth-order valence-electron chi connectivity index (χ4n) is 4.12. The number of benzene rings is 2. The quantitative estimate of drug-likeness (QED) is 0.567. The molecule has 0 bridgehead atoms. The van der Waals surface area contributed by atoms with Crippen molar-refractivity contribution < 1.29 is 4.79 Å². The van der Waals surface area contributed by atoms with Gasteiger partial charge < -0.3 is 10.3 Å². The summed E-state index contributed by atoms with van der Waals surface area (Å²) in [5, 5.41) is 3.16. The van der Waals surface area contributed by atoms with Gasteiger partial charge in [-0.3, -0.25) is 14.3 Å². The van der Waals surface area contributed by atoms with Crippen LogP contribution in [0.15, 0.2) is 66.9 Å². The number of nitrogens with one attached hydrogen (secondary N) is 2. The highest BCUT2D eigenvalue weighted by atomic mass is 32.1. The number of carbonyl (C=O) groups excluding carboxylic acids is 1. The number of nitrogens with zero attached hydrogens (tertiary/aromatic N) is 2. The Bertz CT molecular complexity index is 1020. The van der Waals surface area contributed by atoms with Crippen LogP contribution in [0.1, 0.15) is 41.9 Å². The number of amides is 1. The van der Waals surface area contributed by atoms with Crippen molar-refractivity contribution in [3.05, 3.63) is 82.9 Å². The minimum Gasteiger partial charge on any atom is -0.349 e. The Balaban J connectivity index is 1.53. The van der Waals surface area contributed by atoms with E-state index in [4.69, 9.17) is 12.2 Å². The summed E-state index contributed by atoms with van der Waals surface area (Å²) < 4.78 is 2.29. The molecule has 2 heterocycles. The lowest BCUT2D eigenvalue weighted by Crippen LogP contribution is -2.42. The number of likely N-dealkylation sites (tertiary alicyclic amines) is 1. The molecule has 4 rings (SSSR count). The second-order valence-electron chi connectivity index (χ2n) is 8.01. The van der Waals surface area contributed by atoms with Gasteiger partial charge in [-0.1, -0.05) is 55.5 Å². The van der Waals surface area contributed by atoms with Crippen molar-refractivity contribution in [2.24, 2.45) is 5.92 Å². The highest BCUT2D eigenvalue weighted by molar-refractivity contribution is 7.71. The Labute approximate surface area is 182 Å². The summed E-state index contributed by atoms with van der Waals surface area (Å²) in [4.78, 5) is 18.6. The number of para-hydroxylation sites is 1. The maximum Gasteiger partial charge on any atom is 0.269 e. The van der Waals surface area contributed by atoms with Gasteiger partial charge in [0.2, 0.25) is 0 Å². The first-order chi connectivity index (χ1) is 14.6. The van der Waals surface area contributed by atoms with Crippen LogP contribution in [-0.2, 0) is 0 Å². The lowest BCUT2D eigenvalue weighted by Gasteiger charge is -2.37. The summed E-state index contributed by atoms with van der Waals surface area (Å²) in [6.07, 6.45) is 4.08. The number of rotatable bonds is 6. The zero-order valence-electron chi connectivity index (χ0n) is 17.3. The van der Waals surface area contributed by atoms with Crippen molar-refractivity contribution in [3.63, 3.8) is 0 Å². The molecule has 5 nitrogen and oxygen atoms in total. The highest BCUT2D eigenvalue weighted by Gasteiger charge is 2.25. The van der Waals surface area contributed by atoms with Crippen LogP contribution in [0.25, 0.3) is 5.69 Å². The van der Waals surface area contributed by atoms with Crippen LogP contribution in [0.3, 0.4) is 0 Å². The third kappa shape index (κ3) is 4.55. The maximum absolute atomic E-state index is 13.1. The van der Waals surface area contributed by atoms with E-state index in [-0.39, 0.29) is 11.9 Å². The van der Waals surface area contributed by atoms with E-state index in [9.17, 15) is 4.79 Å². The molecule has 0 saturated carbocycles. The standard InChI is InChI=1S/C24H28N4OS/c1-18-12-14-27(15-13-18)21(19-8-4-2-5-9-19)16-25-23(29)22-17-26-24(30)28(22)20-10-6-3-7-11-20/h2-11,17-18,21H,12-16H2,1H3,(H,25,29)(H,26,30). The predicted octanol–water partition coefficient (Wildman–Crippen LogP) is 4.74. The van der Waals surface area contributed by atoms with E-state index in [1.165, 1.54) is 18.4 Å². The number of piperidine rings is 1. The Morgan fingerprint density at radius 3 is 2.40 bits per heavy atom. The number of hydrogen-bond acceptors (Lipinski definition) is 3. The van der Waals surface area contributed by atoms with Crippen molar-refractivity contribution in [3.8, 4) is 5.69 Å². The minimum absolute atomic E-state index is 0.127. The summed E-state index contributed by atoms with van der Waals surface area (Å²) in [5.74, 6) is 0.639. The van der Waals surface area contributed by atoms with Gasteiger partial charge in [0.1, 0.15) is 5.69 Å². The number of imidazole rings is 1. The van der Waals surface area contributed by atoms with E-state index in [0.29, 0.717) is 17.0 Å². The molecule has 0 aliphatic carbocycles. The van der Waals surface area contributed by atoms with Gasteiger partial charge >= 0.3 is 0 Å². The monoisotopic (exact) mass is 420 g/mol. The molecule has 1 aliphatic heterocycles. The lowest BCUT2D eigenvalue weighted by atomic mass is 9.95. The lowest BCUT2D eigenvalue weighted by molar-refractivity contribution is 0.0906. The minimum atomic E-state index is -0.127. The number of hydrogen-bond donors (Lipinski definition) is 2. The van der Waals surface area contributed by atoms with Gasteiger partial charge in [-0.25, -0.2) is 0 Å². The smallest absolute Gasteiger partial charge is 0.269 e. The molecule has 2 aromatic carbocycles. The maximum atomic E-state index is 13.1. The van der Waals surface area contributed by atoms with Gasteiger partial charge in [0.25, 0.3) is 5.91 Å². The molecular weight excluding hydrogens is 392 g/mol. The van der Waals surface area contributed by atoms with E-state index in [1.54, 1.807) is 10.8 Å². The van der Waals surface area contributed by atoms with E-state index >= 15 is 0 Å². The number of H-pyrrole nitrogens is 1. The number of aromatic amines is 1. The predicted molar refractivity (Wildman–Crippen MR) is 122 cm³/mol. The molecule has 6 heteroatoms. The Morgan fingerprint density at radius 2 is 1.73 bits per heavy atom. The third-order valence-electron chi connectivity index (χ3n) is 5.92. The molecule has 1 atom stereocenters. The number of aromatic nitrogens is 2. The van der Waals surface area contributed by atoms with Gasteiger partial charge in [-0.15, -0.1) is 0 Å². The molecule has 1 fully saturated rings. The fourth-order valence-corrected chi connectivity index (χ4v) is 4.38. The SMILES string of the molecule is CC1CCN(C(CNC(=O)c2c[nH]c(=S)n2-c2ccccc2)c2ccccc2)CC1. The summed E-state index contributed by atoms with van der Waals surface area (Å²) in [7, 11) is 0. The summed E-state index contributed by atoms with van der Waals surface area (Å²) in [6, 6.07) is 20.3. The van der Waals surface area contributed by atoms with E-state index in [2.05, 4.69) is 46.4 Å². The van der Waals surface area contributed by atoms with E-state index in [0.717, 1.165) is 24.7 Å². The molecule has 1 saturated heterocycles. The molecule has 1 aromatic heterocycles. The van der Waals surface area contributed by atoms with E-state index in [1.807, 2.05) is 36.4 Å². The molecule has 0 radical (unpaired) electrons. The summed E-state index contributed by atoms with van der Waals surface area (Å²) in [6.45, 7) is 4.99. The molecule has 2 N–H and O–H groups in total. The normalized spacial score (nSPS) is 16.3. The van der Waals surface area contributed by atoms with Gasteiger partial charge in [0, 0.05) is 18.4 Å². The second kappa shape index (κ2) is 9.41. The number of carbonyl (C=O) groups is 1. The average Bonchev–Trinajstić information content (AvgIpc) is 3.18. The first-order valence-corrected chi connectivity index (χ1v) is 11.0. The molecule has 3 aromatic rings. The molecule has 1 amide bonds. The van der Waals surface area contributed by atoms with Crippen LogP contribution >= 0.6 is 12.2 Å². The van der Waals surface area contributed by atoms with Crippen molar-refractivity contribution >= 4 is 18.1 Å². The zero-order chi connectivity index (χ0) is 20.9. The van der Waals surface area contributed by atoms with Gasteiger partial charge in [0.05, 0.1) is 6.04 Å².